The molecule has 51 valence electrons. The topological polar surface area (TPSA) is 0 Å². The molecular formula is C8H9Rh-. The summed E-state index contributed by atoms with van der Waals surface area (Å²) in [7, 11) is 0. The third kappa shape index (κ3) is 2.76. The van der Waals surface area contributed by atoms with Crippen molar-refractivity contribution in [1.29, 1.82) is 0 Å². The van der Waals surface area contributed by atoms with Gasteiger partial charge in [0.2, 0.25) is 0 Å². The second kappa shape index (κ2) is 3.79. The van der Waals surface area contributed by atoms with E-state index in [1.54, 1.807) is 0 Å². The van der Waals surface area contributed by atoms with E-state index in [1.807, 2.05) is 12.1 Å². The fraction of sp³-hybridized carbons (Fsp3) is 0.250. The minimum Gasteiger partial charge on any atom is -0.183 e. The van der Waals surface area contributed by atoms with Crippen molar-refractivity contribution in [3.63, 3.8) is 0 Å². The maximum absolute atomic E-state index is 3.03. The van der Waals surface area contributed by atoms with Crippen molar-refractivity contribution in [3.05, 3.63) is 35.4 Å². The van der Waals surface area contributed by atoms with E-state index in [2.05, 4.69) is 26.0 Å². The van der Waals surface area contributed by atoms with E-state index in [1.165, 1.54) is 11.1 Å². The summed E-state index contributed by atoms with van der Waals surface area (Å²) >= 11 is 0. The summed E-state index contributed by atoms with van der Waals surface area (Å²) in [6.45, 7) is 4.15. The van der Waals surface area contributed by atoms with Gasteiger partial charge in [0.1, 0.15) is 0 Å². The number of rotatable bonds is 0. The van der Waals surface area contributed by atoms with Gasteiger partial charge in [-0.05, 0) is 0 Å². The summed E-state index contributed by atoms with van der Waals surface area (Å²) in [5.74, 6) is 0. The second-order valence-electron chi connectivity index (χ2n) is 2.09. The Morgan fingerprint density at radius 2 is 1.56 bits per heavy atom. The first-order valence-electron chi connectivity index (χ1n) is 2.73. The molecule has 1 aromatic carbocycles. The Kier molecular flexibility index (Phi) is 3.73. The molecule has 0 aromatic heterocycles. The molecule has 0 amide bonds. The van der Waals surface area contributed by atoms with E-state index in [9.17, 15) is 0 Å². The Hall–Kier alpha value is -0.157. The number of hydrogen-bond donors (Lipinski definition) is 0. The zero-order chi connectivity index (χ0) is 5.98. The summed E-state index contributed by atoms with van der Waals surface area (Å²) < 4.78 is 0. The van der Waals surface area contributed by atoms with Gasteiger partial charge in [-0.15, -0.1) is 0 Å². The molecule has 0 heterocycles. The van der Waals surface area contributed by atoms with E-state index >= 15 is 0 Å². The smallest absolute Gasteiger partial charge is 0 e. The van der Waals surface area contributed by atoms with Gasteiger partial charge in [0.25, 0.3) is 0 Å². The maximum atomic E-state index is 3.03. The fourth-order valence-corrected chi connectivity index (χ4v) is 0.747. The molecule has 0 aliphatic heterocycles. The van der Waals surface area contributed by atoms with Gasteiger partial charge in [-0.2, -0.15) is 35.4 Å². The van der Waals surface area contributed by atoms with Crippen LogP contribution in [0.1, 0.15) is 11.1 Å². The molecule has 0 fully saturated rings. The monoisotopic (exact) mass is 208 g/mol. The molecule has 0 nitrogen and oxygen atoms in total. The summed E-state index contributed by atoms with van der Waals surface area (Å²) in [4.78, 5) is 0. The van der Waals surface area contributed by atoms with Gasteiger partial charge in [0.05, 0.1) is 0 Å². The van der Waals surface area contributed by atoms with E-state index < -0.39 is 0 Å². The third-order valence-corrected chi connectivity index (χ3v) is 1.08. The molecule has 0 atom stereocenters. The van der Waals surface area contributed by atoms with E-state index in [0.29, 0.717) is 0 Å². The van der Waals surface area contributed by atoms with Gasteiger partial charge in [-0.1, -0.05) is 13.8 Å². The first-order valence-corrected chi connectivity index (χ1v) is 2.73. The molecule has 9 heavy (non-hydrogen) atoms. The quantitative estimate of drug-likeness (QED) is 0.452. The summed E-state index contributed by atoms with van der Waals surface area (Å²) in [6, 6.07) is 9.12. The summed E-state index contributed by atoms with van der Waals surface area (Å²) in [5.41, 5.74) is 2.56. The van der Waals surface area contributed by atoms with Crippen molar-refractivity contribution < 1.29 is 19.5 Å². The zero-order valence-corrected chi connectivity index (χ0v) is 7.20. The van der Waals surface area contributed by atoms with Gasteiger partial charge in [-0.25, -0.2) is 0 Å². The molecule has 1 radical (unpaired) electrons. The van der Waals surface area contributed by atoms with Crippen LogP contribution in [0.3, 0.4) is 0 Å². The van der Waals surface area contributed by atoms with Crippen LogP contribution in [0, 0.1) is 19.9 Å². The van der Waals surface area contributed by atoms with Crippen molar-refractivity contribution in [2.45, 2.75) is 13.8 Å². The predicted octanol–water partition coefficient (Wildman–Crippen LogP) is 2.10. The van der Waals surface area contributed by atoms with Gasteiger partial charge in [-0.3, -0.25) is 0 Å². The Morgan fingerprint density at radius 3 is 1.78 bits per heavy atom. The molecule has 0 unspecified atom stereocenters. The van der Waals surface area contributed by atoms with Crippen LogP contribution in [-0.4, -0.2) is 0 Å². The van der Waals surface area contributed by atoms with Crippen LogP contribution in [0.2, 0.25) is 0 Å². The van der Waals surface area contributed by atoms with Crippen LogP contribution in [-0.2, 0) is 19.5 Å². The average molecular weight is 208 g/mol. The minimum absolute atomic E-state index is 0. The maximum Gasteiger partial charge on any atom is 0 e. The molecular weight excluding hydrogens is 199 g/mol. The Morgan fingerprint density at radius 1 is 1.11 bits per heavy atom. The molecule has 1 rings (SSSR count). The fourth-order valence-electron chi connectivity index (χ4n) is 0.747. The first kappa shape index (κ1) is 8.84. The molecule has 1 aromatic rings. The Balaban J connectivity index is 0.000000640. The van der Waals surface area contributed by atoms with Gasteiger partial charge < -0.3 is 0 Å². The van der Waals surface area contributed by atoms with Gasteiger partial charge in [0, 0.05) is 19.5 Å². The van der Waals surface area contributed by atoms with Crippen LogP contribution in [0.15, 0.2) is 18.2 Å². The van der Waals surface area contributed by atoms with Crippen molar-refractivity contribution in [3.8, 4) is 0 Å². The molecule has 0 spiro atoms. The summed E-state index contributed by atoms with van der Waals surface area (Å²) in [6.07, 6.45) is 0. The minimum atomic E-state index is 0. The molecule has 1 heteroatoms. The molecule has 0 saturated carbocycles. The number of aryl methyl sites for hydroxylation is 2. The molecule has 0 saturated heterocycles. The van der Waals surface area contributed by atoms with Gasteiger partial charge >= 0.3 is 0 Å². The van der Waals surface area contributed by atoms with Gasteiger partial charge in [0.15, 0.2) is 0 Å². The van der Waals surface area contributed by atoms with Crippen molar-refractivity contribution in [2.75, 3.05) is 0 Å². The largest absolute Gasteiger partial charge is 0.183 e. The predicted molar refractivity (Wildman–Crippen MR) is 34.8 cm³/mol. The number of hydrogen-bond acceptors (Lipinski definition) is 0. The molecule has 0 aliphatic rings. The molecule has 0 aliphatic carbocycles. The van der Waals surface area contributed by atoms with Crippen molar-refractivity contribution in [2.24, 2.45) is 0 Å². The zero-order valence-electron chi connectivity index (χ0n) is 5.57. The Bertz CT molecular complexity index is 164. The van der Waals surface area contributed by atoms with E-state index in [4.69, 9.17) is 0 Å². The molecule has 0 bridgehead atoms. The molecule has 0 N–H and O–H groups in total. The van der Waals surface area contributed by atoms with Crippen LogP contribution in [0.4, 0.5) is 0 Å². The van der Waals surface area contributed by atoms with Crippen LogP contribution < -0.4 is 0 Å². The average Bonchev–Trinajstić information content (AvgIpc) is 1.64. The van der Waals surface area contributed by atoms with Crippen LogP contribution in [0.25, 0.3) is 0 Å². The number of benzene rings is 1. The third-order valence-electron chi connectivity index (χ3n) is 1.08. The summed E-state index contributed by atoms with van der Waals surface area (Å²) in [5, 5.41) is 0. The standard InChI is InChI=1S/C8H9.Rh/c1-7-4-3-5-8(2)6-7;/h4-6H,1-2H3;/q-1;. The van der Waals surface area contributed by atoms with Crippen molar-refractivity contribution in [1.82, 2.24) is 0 Å². The van der Waals surface area contributed by atoms with E-state index in [-0.39, 0.29) is 19.5 Å². The Labute approximate surface area is 69.0 Å². The second-order valence-corrected chi connectivity index (χ2v) is 2.09. The van der Waals surface area contributed by atoms with E-state index in [0.717, 1.165) is 0 Å². The SMILES string of the molecule is Cc1c[c-]cc(C)c1.[Rh]. The van der Waals surface area contributed by atoms with Crippen LogP contribution >= 0.6 is 0 Å². The first-order chi connectivity index (χ1) is 3.79. The van der Waals surface area contributed by atoms with Crippen molar-refractivity contribution >= 4 is 0 Å². The van der Waals surface area contributed by atoms with Crippen LogP contribution in [0.5, 0.6) is 0 Å². The normalized spacial score (nSPS) is 8.22.